The largest absolute Gasteiger partial charge is 0.497 e. The summed E-state index contributed by atoms with van der Waals surface area (Å²) in [5, 5.41) is 1.06. The molecule has 0 aliphatic carbocycles. The first-order valence-corrected chi connectivity index (χ1v) is 10.8. The SMILES string of the molecule is COc1ccc2c(Br)c(-c3ccc(-c4ccc(C(C)(C)C)s4)s3)oc2c1. The first-order valence-electron chi connectivity index (χ1n) is 8.34. The first kappa shape index (κ1) is 17.8. The highest BCUT2D eigenvalue weighted by atomic mass is 79.9. The number of fused-ring (bicyclic) bond motifs is 1. The zero-order valence-electron chi connectivity index (χ0n) is 15.1. The van der Waals surface area contributed by atoms with Gasteiger partial charge in [0.2, 0.25) is 0 Å². The van der Waals surface area contributed by atoms with Crippen LogP contribution in [0.4, 0.5) is 0 Å². The molecule has 0 fully saturated rings. The zero-order valence-corrected chi connectivity index (χ0v) is 18.3. The fraction of sp³-hybridized carbons (Fsp3) is 0.238. The molecule has 26 heavy (non-hydrogen) atoms. The van der Waals surface area contributed by atoms with Gasteiger partial charge in [-0.2, -0.15) is 0 Å². The van der Waals surface area contributed by atoms with E-state index >= 15 is 0 Å². The Labute approximate surface area is 169 Å². The van der Waals surface area contributed by atoms with E-state index in [9.17, 15) is 0 Å². The van der Waals surface area contributed by atoms with Crippen molar-refractivity contribution in [3.63, 3.8) is 0 Å². The standard InChI is InChI=1S/C21H19BrO2S2/c1-21(2,3)18-10-9-16(26-18)15-7-8-17(25-15)20-19(22)13-6-5-12(23-4)11-14(13)24-20/h5-11H,1-4H3. The van der Waals surface area contributed by atoms with Gasteiger partial charge in [-0.25, -0.2) is 0 Å². The maximum atomic E-state index is 6.12. The van der Waals surface area contributed by atoms with Gasteiger partial charge in [-0.1, -0.05) is 20.8 Å². The molecule has 0 spiro atoms. The summed E-state index contributed by atoms with van der Waals surface area (Å²) in [7, 11) is 1.67. The highest BCUT2D eigenvalue weighted by Gasteiger charge is 2.19. The molecule has 0 amide bonds. The number of hydrogen-bond donors (Lipinski definition) is 0. The van der Waals surface area contributed by atoms with Crippen LogP contribution in [0.15, 0.2) is 51.4 Å². The summed E-state index contributed by atoms with van der Waals surface area (Å²) >= 11 is 7.33. The van der Waals surface area contributed by atoms with Gasteiger partial charge in [0.1, 0.15) is 11.3 Å². The number of thiophene rings is 2. The van der Waals surface area contributed by atoms with Crippen molar-refractivity contribution in [2.45, 2.75) is 26.2 Å². The van der Waals surface area contributed by atoms with Crippen LogP contribution < -0.4 is 4.74 Å². The fourth-order valence-electron chi connectivity index (χ4n) is 2.80. The van der Waals surface area contributed by atoms with E-state index in [0.717, 1.165) is 31.8 Å². The lowest BCUT2D eigenvalue weighted by molar-refractivity contribution is 0.414. The van der Waals surface area contributed by atoms with E-state index in [1.807, 2.05) is 29.5 Å². The molecule has 0 bridgehead atoms. The molecular weight excluding hydrogens is 428 g/mol. The molecule has 3 heterocycles. The zero-order chi connectivity index (χ0) is 18.5. The predicted molar refractivity (Wildman–Crippen MR) is 116 cm³/mol. The molecule has 0 N–H and O–H groups in total. The van der Waals surface area contributed by atoms with Crippen molar-refractivity contribution in [3.05, 3.63) is 51.8 Å². The van der Waals surface area contributed by atoms with Gasteiger partial charge < -0.3 is 9.15 Å². The Balaban J connectivity index is 1.73. The summed E-state index contributed by atoms with van der Waals surface area (Å²) in [5.74, 6) is 1.67. The number of benzene rings is 1. The molecule has 0 radical (unpaired) electrons. The lowest BCUT2D eigenvalue weighted by Crippen LogP contribution is -2.07. The number of ether oxygens (including phenoxy) is 1. The predicted octanol–water partition coefficient (Wildman–Crippen LogP) is 7.96. The molecule has 5 heteroatoms. The van der Waals surface area contributed by atoms with Crippen molar-refractivity contribution in [3.8, 4) is 26.1 Å². The van der Waals surface area contributed by atoms with E-state index < -0.39 is 0 Å². The van der Waals surface area contributed by atoms with Gasteiger partial charge in [-0.3, -0.25) is 0 Å². The Morgan fingerprint density at radius 1 is 0.923 bits per heavy atom. The van der Waals surface area contributed by atoms with Crippen LogP contribution in [-0.4, -0.2) is 7.11 Å². The molecule has 2 nitrogen and oxygen atoms in total. The van der Waals surface area contributed by atoms with E-state index in [4.69, 9.17) is 9.15 Å². The number of halogens is 1. The normalized spacial score (nSPS) is 12.0. The molecule has 3 aromatic heterocycles. The lowest BCUT2D eigenvalue weighted by atomic mass is 9.95. The maximum absolute atomic E-state index is 6.12. The second-order valence-corrected chi connectivity index (χ2v) is 10.1. The lowest BCUT2D eigenvalue weighted by Gasteiger charge is -2.15. The smallest absolute Gasteiger partial charge is 0.159 e. The Bertz CT molecular complexity index is 1080. The van der Waals surface area contributed by atoms with Crippen molar-refractivity contribution in [1.82, 2.24) is 0 Å². The molecule has 0 saturated heterocycles. The molecule has 0 atom stereocenters. The van der Waals surface area contributed by atoms with Crippen molar-refractivity contribution in [2.24, 2.45) is 0 Å². The summed E-state index contributed by atoms with van der Waals surface area (Å²) < 4.78 is 12.4. The highest BCUT2D eigenvalue weighted by molar-refractivity contribution is 9.10. The maximum Gasteiger partial charge on any atom is 0.159 e. The van der Waals surface area contributed by atoms with Crippen molar-refractivity contribution in [1.29, 1.82) is 0 Å². The fourth-order valence-corrected chi connectivity index (χ4v) is 5.70. The quantitative estimate of drug-likeness (QED) is 0.318. The van der Waals surface area contributed by atoms with Gasteiger partial charge in [0.15, 0.2) is 5.76 Å². The third-order valence-corrected chi connectivity index (χ3v) is 7.83. The third kappa shape index (κ3) is 3.13. The van der Waals surface area contributed by atoms with Crippen LogP contribution in [0.2, 0.25) is 0 Å². The second kappa shape index (κ2) is 6.55. The Kier molecular flexibility index (Phi) is 4.49. The van der Waals surface area contributed by atoms with Crippen molar-refractivity contribution >= 4 is 49.6 Å². The average molecular weight is 447 g/mol. The Hall–Kier alpha value is -1.56. The Morgan fingerprint density at radius 2 is 1.62 bits per heavy atom. The van der Waals surface area contributed by atoms with Crippen LogP contribution >= 0.6 is 38.6 Å². The number of furan rings is 1. The van der Waals surface area contributed by atoms with Crippen LogP contribution in [0.5, 0.6) is 5.75 Å². The van der Waals surface area contributed by atoms with Gasteiger partial charge in [0.25, 0.3) is 0 Å². The highest BCUT2D eigenvalue weighted by Crippen LogP contribution is 2.44. The van der Waals surface area contributed by atoms with Crippen molar-refractivity contribution < 1.29 is 9.15 Å². The molecule has 0 aliphatic rings. The molecule has 0 aliphatic heterocycles. The molecule has 0 unspecified atom stereocenters. The van der Waals surface area contributed by atoms with Gasteiger partial charge in [0.05, 0.1) is 16.5 Å². The molecule has 1 aromatic carbocycles. The van der Waals surface area contributed by atoms with Crippen LogP contribution in [-0.2, 0) is 5.41 Å². The van der Waals surface area contributed by atoms with E-state index in [1.165, 1.54) is 14.6 Å². The number of rotatable bonds is 3. The van der Waals surface area contributed by atoms with Gasteiger partial charge in [-0.05, 0) is 57.7 Å². The monoisotopic (exact) mass is 446 g/mol. The number of hydrogen-bond acceptors (Lipinski definition) is 4. The second-order valence-electron chi connectivity index (χ2n) is 7.19. The van der Waals surface area contributed by atoms with Crippen LogP contribution in [0.1, 0.15) is 25.6 Å². The average Bonchev–Trinajstić information content (AvgIpc) is 3.31. The summed E-state index contributed by atoms with van der Waals surface area (Å²) in [4.78, 5) is 5.10. The minimum absolute atomic E-state index is 0.184. The van der Waals surface area contributed by atoms with E-state index in [-0.39, 0.29) is 5.41 Å². The molecule has 4 aromatic rings. The summed E-state index contributed by atoms with van der Waals surface area (Å²) in [5.41, 5.74) is 1.01. The van der Waals surface area contributed by atoms with Gasteiger partial charge in [0, 0.05) is 26.1 Å². The Morgan fingerprint density at radius 3 is 2.31 bits per heavy atom. The topological polar surface area (TPSA) is 22.4 Å². The molecule has 0 saturated carbocycles. The van der Waals surface area contributed by atoms with E-state index in [0.29, 0.717) is 0 Å². The third-order valence-electron chi connectivity index (χ3n) is 4.25. The van der Waals surface area contributed by atoms with Crippen LogP contribution in [0.25, 0.3) is 31.4 Å². The summed E-state index contributed by atoms with van der Waals surface area (Å²) in [6, 6.07) is 14.7. The van der Waals surface area contributed by atoms with Crippen LogP contribution in [0, 0.1) is 0 Å². The minimum Gasteiger partial charge on any atom is -0.497 e. The molecule has 4 rings (SSSR count). The van der Waals surface area contributed by atoms with Gasteiger partial charge >= 0.3 is 0 Å². The van der Waals surface area contributed by atoms with E-state index in [2.05, 4.69) is 61.0 Å². The van der Waals surface area contributed by atoms with Crippen LogP contribution in [0.3, 0.4) is 0 Å². The summed E-state index contributed by atoms with van der Waals surface area (Å²) in [6.45, 7) is 6.76. The van der Waals surface area contributed by atoms with Gasteiger partial charge in [-0.15, -0.1) is 22.7 Å². The van der Waals surface area contributed by atoms with E-state index in [1.54, 1.807) is 18.4 Å². The van der Waals surface area contributed by atoms with Crippen molar-refractivity contribution in [2.75, 3.05) is 7.11 Å². The first-order chi connectivity index (χ1) is 12.4. The number of methoxy groups -OCH3 is 1. The minimum atomic E-state index is 0.184. The molecule has 134 valence electrons. The summed E-state index contributed by atoms with van der Waals surface area (Å²) in [6.07, 6.45) is 0. The molecular formula is C21H19BrO2S2.